The highest BCUT2D eigenvalue weighted by Crippen LogP contribution is 2.50. The lowest BCUT2D eigenvalue weighted by Gasteiger charge is -2.13. The average molecular weight is 297 g/mol. The minimum Gasteiger partial charge on any atom is -0.480 e. The molecule has 1 amide bonds. The highest BCUT2D eigenvalue weighted by molar-refractivity contribution is 7.10. The van der Waals surface area contributed by atoms with Crippen molar-refractivity contribution in [2.75, 3.05) is 13.7 Å². The molecule has 0 spiro atoms. The minimum absolute atomic E-state index is 0.0863. The second-order valence-electron chi connectivity index (χ2n) is 5.10. The third-order valence-corrected chi connectivity index (χ3v) is 4.74. The van der Waals surface area contributed by atoms with Crippen LogP contribution in [-0.2, 0) is 14.3 Å². The number of hydrogen-bond acceptors (Lipinski definition) is 4. The first-order chi connectivity index (χ1) is 9.54. The monoisotopic (exact) mass is 297 g/mol. The number of carboxylic acid groups (broad SMARTS) is 1. The Balaban J connectivity index is 1.89. The van der Waals surface area contributed by atoms with Gasteiger partial charge in [0.2, 0.25) is 5.91 Å². The summed E-state index contributed by atoms with van der Waals surface area (Å²) >= 11 is 1.66. The molecular weight excluding hydrogens is 278 g/mol. The number of aryl methyl sites for hydroxylation is 1. The molecule has 0 aromatic carbocycles. The summed E-state index contributed by atoms with van der Waals surface area (Å²) in [7, 11) is 1.51. The first kappa shape index (κ1) is 15.0. The fraction of sp³-hybridized carbons (Fsp3) is 0.571. The average Bonchev–Trinajstić information content (AvgIpc) is 3.09. The van der Waals surface area contributed by atoms with E-state index < -0.39 is 12.0 Å². The summed E-state index contributed by atoms with van der Waals surface area (Å²) in [5.41, 5.74) is 1.21. The molecule has 110 valence electrons. The fourth-order valence-electron chi connectivity index (χ4n) is 2.31. The molecular formula is C14H19NO4S. The van der Waals surface area contributed by atoms with Crippen LogP contribution in [0, 0.1) is 12.8 Å². The highest BCUT2D eigenvalue weighted by atomic mass is 32.1. The van der Waals surface area contributed by atoms with Gasteiger partial charge < -0.3 is 15.2 Å². The van der Waals surface area contributed by atoms with Crippen molar-refractivity contribution in [3.05, 3.63) is 21.9 Å². The molecule has 20 heavy (non-hydrogen) atoms. The van der Waals surface area contributed by atoms with E-state index >= 15 is 0 Å². The van der Waals surface area contributed by atoms with Gasteiger partial charge in [0, 0.05) is 36.9 Å². The van der Waals surface area contributed by atoms with E-state index in [1.54, 1.807) is 11.3 Å². The van der Waals surface area contributed by atoms with Gasteiger partial charge in [0.1, 0.15) is 6.04 Å². The predicted molar refractivity (Wildman–Crippen MR) is 76.0 cm³/mol. The second kappa shape index (κ2) is 6.37. The minimum atomic E-state index is -1.01. The Morgan fingerprint density at radius 2 is 2.35 bits per heavy atom. The van der Waals surface area contributed by atoms with Crippen LogP contribution in [-0.4, -0.2) is 36.7 Å². The normalized spacial score (nSPS) is 22.3. The second-order valence-corrected chi connectivity index (χ2v) is 6.05. The molecule has 1 fully saturated rings. The molecule has 1 saturated carbocycles. The Morgan fingerprint density at radius 1 is 1.60 bits per heavy atom. The molecule has 3 atom stereocenters. The Labute approximate surface area is 121 Å². The first-order valence-corrected chi connectivity index (χ1v) is 7.48. The summed E-state index contributed by atoms with van der Waals surface area (Å²) in [5, 5.41) is 13.7. The van der Waals surface area contributed by atoms with E-state index in [9.17, 15) is 9.59 Å². The third kappa shape index (κ3) is 3.37. The van der Waals surface area contributed by atoms with Crippen molar-refractivity contribution in [1.82, 2.24) is 5.32 Å². The number of ether oxygens (including phenoxy) is 1. The SMILES string of the molecule is COCCC(NC(=O)C1CC1c1sccc1C)C(=O)O. The first-order valence-electron chi connectivity index (χ1n) is 6.60. The smallest absolute Gasteiger partial charge is 0.326 e. The molecule has 1 aliphatic rings. The van der Waals surface area contributed by atoms with Crippen molar-refractivity contribution in [2.45, 2.75) is 31.7 Å². The van der Waals surface area contributed by atoms with Gasteiger partial charge in [0.05, 0.1) is 0 Å². The molecule has 2 N–H and O–H groups in total. The fourth-order valence-corrected chi connectivity index (χ4v) is 3.42. The molecule has 3 unspecified atom stereocenters. The van der Waals surface area contributed by atoms with Crippen molar-refractivity contribution >= 4 is 23.2 Å². The van der Waals surface area contributed by atoms with Crippen molar-refractivity contribution in [1.29, 1.82) is 0 Å². The van der Waals surface area contributed by atoms with E-state index in [0.717, 1.165) is 6.42 Å². The maximum absolute atomic E-state index is 12.1. The van der Waals surface area contributed by atoms with Gasteiger partial charge in [-0.1, -0.05) is 0 Å². The number of rotatable bonds is 7. The van der Waals surface area contributed by atoms with Crippen LogP contribution in [0.25, 0.3) is 0 Å². The van der Waals surface area contributed by atoms with Gasteiger partial charge in [-0.05, 0) is 30.4 Å². The van der Waals surface area contributed by atoms with Gasteiger partial charge in [-0.15, -0.1) is 11.3 Å². The summed E-state index contributed by atoms with van der Waals surface area (Å²) in [6.07, 6.45) is 1.09. The number of methoxy groups -OCH3 is 1. The van der Waals surface area contributed by atoms with Crippen molar-refractivity contribution < 1.29 is 19.4 Å². The van der Waals surface area contributed by atoms with Gasteiger partial charge in [0.15, 0.2) is 0 Å². The molecule has 0 radical (unpaired) electrons. The quantitative estimate of drug-likeness (QED) is 0.804. The zero-order valence-electron chi connectivity index (χ0n) is 11.6. The van der Waals surface area contributed by atoms with Crippen LogP contribution in [0.2, 0.25) is 0 Å². The third-order valence-electron chi connectivity index (χ3n) is 3.59. The molecule has 5 nitrogen and oxygen atoms in total. The van der Waals surface area contributed by atoms with Gasteiger partial charge in [0.25, 0.3) is 0 Å². The number of aliphatic carboxylic acids is 1. The lowest BCUT2D eigenvalue weighted by molar-refractivity contribution is -0.142. The number of carboxylic acids is 1. The molecule has 1 aromatic rings. The number of thiophene rings is 1. The van der Waals surface area contributed by atoms with Crippen LogP contribution in [0.4, 0.5) is 0 Å². The number of amides is 1. The van der Waals surface area contributed by atoms with Crippen LogP contribution >= 0.6 is 11.3 Å². The van der Waals surface area contributed by atoms with Crippen LogP contribution < -0.4 is 5.32 Å². The zero-order valence-corrected chi connectivity index (χ0v) is 12.4. The zero-order chi connectivity index (χ0) is 14.7. The summed E-state index contributed by atoms with van der Waals surface area (Å²) < 4.78 is 4.86. The standard InChI is InChI=1S/C14H19NO4S/c1-8-4-6-20-12(8)9-7-10(9)13(16)15-11(14(17)18)3-5-19-2/h4,6,9-11H,3,5,7H2,1-2H3,(H,15,16)(H,17,18). The molecule has 0 bridgehead atoms. The molecule has 6 heteroatoms. The maximum atomic E-state index is 12.1. The number of carbonyl (C=O) groups is 2. The lowest BCUT2D eigenvalue weighted by Crippen LogP contribution is -2.42. The van der Waals surface area contributed by atoms with Gasteiger partial charge in [-0.2, -0.15) is 0 Å². The van der Waals surface area contributed by atoms with Crippen LogP contribution in [0.3, 0.4) is 0 Å². The topological polar surface area (TPSA) is 75.6 Å². The van der Waals surface area contributed by atoms with Crippen molar-refractivity contribution in [2.24, 2.45) is 5.92 Å². The largest absolute Gasteiger partial charge is 0.480 e. The van der Waals surface area contributed by atoms with E-state index in [-0.39, 0.29) is 24.2 Å². The van der Waals surface area contributed by atoms with E-state index in [4.69, 9.17) is 9.84 Å². The van der Waals surface area contributed by atoms with Crippen molar-refractivity contribution in [3.8, 4) is 0 Å². The molecule has 2 rings (SSSR count). The van der Waals surface area contributed by atoms with Crippen molar-refractivity contribution in [3.63, 3.8) is 0 Å². The van der Waals surface area contributed by atoms with Crippen LogP contribution in [0.5, 0.6) is 0 Å². The van der Waals surface area contributed by atoms with E-state index in [2.05, 4.69) is 5.32 Å². The Morgan fingerprint density at radius 3 is 2.90 bits per heavy atom. The Kier molecular flexibility index (Phi) is 4.77. The van der Waals surface area contributed by atoms with E-state index in [1.807, 2.05) is 18.4 Å². The number of nitrogens with one attached hydrogen (secondary N) is 1. The van der Waals surface area contributed by atoms with Gasteiger partial charge >= 0.3 is 5.97 Å². The van der Waals surface area contributed by atoms with Crippen LogP contribution in [0.15, 0.2) is 11.4 Å². The lowest BCUT2D eigenvalue weighted by atomic mass is 10.1. The Hall–Kier alpha value is -1.40. The van der Waals surface area contributed by atoms with Gasteiger partial charge in [-0.3, -0.25) is 4.79 Å². The Bertz CT molecular complexity index is 499. The molecule has 0 aliphatic heterocycles. The number of carbonyl (C=O) groups excluding carboxylic acids is 1. The van der Waals surface area contributed by atoms with E-state index in [1.165, 1.54) is 17.6 Å². The summed E-state index contributed by atoms with van der Waals surface area (Å²) in [6, 6.07) is 1.18. The van der Waals surface area contributed by atoms with E-state index in [0.29, 0.717) is 6.61 Å². The maximum Gasteiger partial charge on any atom is 0.326 e. The van der Waals surface area contributed by atoms with Gasteiger partial charge in [-0.25, -0.2) is 4.79 Å². The predicted octanol–water partition coefficient (Wildman–Crippen LogP) is 1.77. The summed E-state index contributed by atoms with van der Waals surface area (Å²) in [6.45, 7) is 2.35. The number of hydrogen-bond donors (Lipinski definition) is 2. The molecule has 0 saturated heterocycles. The summed E-state index contributed by atoms with van der Waals surface area (Å²) in [4.78, 5) is 24.4. The summed E-state index contributed by atoms with van der Waals surface area (Å²) in [5.74, 6) is -1.00. The highest BCUT2D eigenvalue weighted by Gasteiger charge is 2.46. The molecule has 1 aliphatic carbocycles. The van der Waals surface area contributed by atoms with Crippen LogP contribution in [0.1, 0.15) is 29.2 Å². The molecule has 1 aromatic heterocycles. The molecule has 1 heterocycles.